The lowest BCUT2D eigenvalue weighted by atomic mass is 10.1. The van der Waals surface area contributed by atoms with Crippen LogP contribution in [0.25, 0.3) is 16.3 Å². The van der Waals surface area contributed by atoms with Crippen LogP contribution in [0.2, 0.25) is 0 Å². The average Bonchev–Trinajstić information content (AvgIpc) is 3.70. The summed E-state index contributed by atoms with van der Waals surface area (Å²) in [6.07, 6.45) is 11.1. The highest BCUT2D eigenvalue weighted by Gasteiger charge is 2.40. The van der Waals surface area contributed by atoms with Gasteiger partial charge in [-0.25, -0.2) is 14.1 Å². The molecule has 1 aliphatic heterocycles. The van der Waals surface area contributed by atoms with Crippen molar-refractivity contribution in [3.05, 3.63) is 66.6 Å². The van der Waals surface area contributed by atoms with Gasteiger partial charge >= 0.3 is 13.7 Å². The number of aromatic nitrogens is 3. The number of benzene rings is 2. The van der Waals surface area contributed by atoms with E-state index in [1.165, 1.54) is 51.3 Å². The van der Waals surface area contributed by atoms with Crippen molar-refractivity contribution in [1.29, 1.82) is 0 Å². The second-order valence-corrected chi connectivity index (χ2v) is 14.4. The van der Waals surface area contributed by atoms with Crippen LogP contribution in [0.15, 0.2) is 60.9 Å². The summed E-state index contributed by atoms with van der Waals surface area (Å²) < 4.78 is 39.6. The van der Waals surface area contributed by atoms with Crippen molar-refractivity contribution in [2.24, 2.45) is 0 Å². The molecule has 0 amide bonds. The first kappa shape index (κ1) is 36.7. The highest BCUT2D eigenvalue weighted by Crippen LogP contribution is 2.48. The fraction of sp³-hybridized carbons (Fsp3) is 0.528. The minimum absolute atomic E-state index is 0.258. The van der Waals surface area contributed by atoms with E-state index < -0.39 is 38.1 Å². The highest BCUT2D eigenvalue weighted by molar-refractivity contribution is 7.52. The van der Waals surface area contributed by atoms with Crippen LogP contribution in [0, 0.1) is 0 Å². The number of hydrogen-bond donors (Lipinski definition) is 3. The van der Waals surface area contributed by atoms with E-state index >= 15 is 0 Å². The van der Waals surface area contributed by atoms with Crippen LogP contribution in [-0.2, 0) is 23.4 Å². The molecule has 266 valence electrons. The van der Waals surface area contributed by atoms with Crippen molar-refractivity contribution < 1.29 is 33.0 Å². The number of hydrogen-bond acceptors (Lipinski definition) is 10. The summed E-state index contributed by atoms with van der Waals surface area (Å²) in [4.78, 5) is 17.0. The summed E-state index contributed by atoms with van der Waals surface area (Å²) in [7, 11) is -4.21. The van der Waals surface area contributed by atoms with E-state index in [1.807, 2.05) is 36.4 Å². The standard InChI is InChI=1S/C36H50N5O7P/c1-3-4-5-6-7-8-9-10-11-14-22-45-36(43)26(2)40-49(44,48-32-19-15-17-27-16-12-13-18-28(27)32)46-24-34-31(42)23-33(47-34)29-20-21-30-35(37)38-25-39-41(29)30/h12-13,15-21,25-26,31,33-34,42H,3-11,14,22-24H2,1-2H3,(H,40,44)(H2,37,38,39)/t26-,31-,33+,34+,49?/m0/s1. The molecule has 12 nitrogen and oxygen atoms in total. The zero-order chi connectivity index (χ0) is 34.6. The van der Waals surface area contributed by atoms with Crippen LogP contribution in [-0.4, -0.2) is 57.1 Å². The predicted octanol–water partition coefficient (Wildman–Crippen LogP) is 7.30. The Bertz CT molecular complexity index is 1700. The quantitative estimate of drug-likeness (QED) is 0.0484. The Hall–Kier alpha value is -3.54. The van der Waals surface area contributed by atoms with E-state index in [0.29, 0.717) is 22.8 Å². The SMILES string of the molecule is CCCCCCCCCCCCOC(=O)[C@H](C)NP(=O)(OC[C@H]1O[C@@H](c2ccc3c(N)ncnn23)C[C@@H]1O)Oc1cccc2ccccc12. The third-order valence-electron chi connectivity index (χ3n) is 8.89. The smallest absolute Gasteiger partial charge is 0.459 e. The van der Waals surface area contributed by atoms with Gasteiger partial charge in [-0.05, 0) is 36.9 Å². The summed E-state index contributed by atoms with van der Waals surface area (Å²) in [5.74, 6) is 0.0934. The van der Waals surface area contributed by atoms with Gasteiger partial charge in [0.15, 0.2) is 5.82 Å². The van der Waals surface area contributed by atoms with Crippen LogP contribution in [0.5, 0.6) is 5.75 Å². The molecule has 4 aromatic rings. The molecule has 0 radical (unpaired) electrons. The molecule has 0 aliphatic carbocycles. The molecular weight excluding hydrogens is 645 g/mol. The molecule has 1 aliphatic rings. The van der Waals surface area contributed by atoms with Gasteiger partial charge in [-0.2, -0.15) is 10.2 Å². The van der Waals surface area contributed by atoms with E-state index in [1.54, 1.807) is 29.6 Å². The van der Waals surface area contributed by atoms with Gasteiger partial charge in [-0.1, -0.05) is 101 Å². The number of carbonyl (C=O) groups is 1. The van der Waals surface area contributed by atoms with Crippen molar-refractivity contribution in [3.63, 3.8) is 0 Å². The number of nitrogens with zero attached hydrogens (tertiary/aromatic N) is 3. The maximum atomic E-state index is 14.4. The van der Waals surface area contributed by atoms with Gasteiger partial charge in [0.1, 0.15) is 35.8 Å². The maximum absolute atomic E-state index is 14.4. The Morgan fingerprint density at radius 2 is 1.76 bits per heavy atom. The van der Waals surface area contributed by atoms with Gasteiger partial charge in [0, 0.05) is 11.8 Å². The summed E-state index contributed by atoms with van der Waals surface area (Å²) in [5, 5.41) is 19.6. The molecule has 2 aromatic heterocycles. The number of aliphatic hydroxyl groups is 1. The lowest BCUT2D eigenvalue weighted by Gasteiger charge is -2.25. The van der Waals surface area contributed by atoms with E-state index in [9.17, 15) is 14.5 Å². The predicted molar refractivity (Wildman–Crippen MR) is 189 cm³/mol. The first-order valence-corrected chi connectivity index (χ1v) is 19.1. The molecule has 1 fully saturated rings. The topological polar surface area (TPSA) is 160 Å². The lowest BCUT2D eigenvalue weighted by Crippen LogP contribution is -2.36. The number of ether oxygens (including phenoxy) is 2. The minimum Gasteiger partial charge on any atom is -0.465 e. The van der Waals surface area contributed by atoms with E-state index in [2.05, 4.69) is 22.1 Å². The summed E-state index contributed by atoms with van der Waals surface area (Å²) >= 11 is 0. The number of anilines is 1. The molecule has 0 bridgehead atoms. The summed E-state index contributed by atoms with van der Waals surface area (Å²) in [5.41, 5.74) is 7.30. The zero-order valence-corrected chi connectivity index (χ0v) is 29.4. The Labute approximate surface area is 288 Å². The first-order chi connectivity index (χ1) is 23.8. The summed E-state index contributed by atoms with van der Waals surface area (Å²) in [6.45, 7) is 3.80. The molecule has 0 spiro atoms. The van der Waals surface area contributed by atoms with Crippen LogP contribution >= 0.6 is 7.75 Å². The molecule has 0 saturated carbocycles. The molecule has 1 saturated heterocycles. The summed E-state index contributed by atoms with van der Waals surface area (Å²) in [6, 6.07) is 15.5. The van der Waals surface area contributed by atoms with E-state index in [-0.39, 0.29) is 19.6 Å². The van der Waals surface area contributed by atoms with Crippen molar-refractivity contribution >= 4 is 35.8 Å². The van der Waals surface area contributed by atoms with Gasteiger partial charge in [-0.15, -0.1) is 0 Å². The van der Waals surface area contributed by atoms with Crippen LogP contribution in [0.1, 0.15) is 96.3 Å². The average molecular weight is 696 g/mol. The number of esters is 1. The van der Waals surface area contributed by atoms with Crippen LogP contribution in [0.3, 0.4) is 0 Å². The largest absolute Gasteiger partial charge is 0.465 e. The molecule has 13 heteroatoms. The number of unbranched alkanes of at least 4 members (excludes halogenated alkanes) is 9. The highest BCUT2D eigenvalue weighted by atomic mass is 31.2. The van der Waals surface area contributed by atoms with Crippen LogP contribution < -0.4 is 15.3 Å². The third-order valence-corrected chi connectivity index (χ3v) is 10.5. The number of rotatable bonds is 20. The lowest BCUT2D eigenvalue weighted by molar-refractivity contribution is -0.145. The van der Waals surface area contributed by atoms with Gasteiger partial charge in [0.05, 0.1) is 25.0 Å². The van der Waals surface area contributed by atoms with Crippen LogP contribution in [0.4, 0.5) is 5.82 Å². The normalized spacial score (nSPS) is 19.6. The molecule has 1 unspecified atom stereocenters. The number of carbonyl (C=O) groups excluding carboxylic acids is 1. The van der Waals surface area contributed by atoms with E-state index in [0.717, 1.165) is 30.0 Å². The monoisotopic (exact) mass is 695 g/mol. The minimum atomic E-state index is -4.21. The third kappa shape index (κ3) is 10.0. The second kappa shape index (κ2) is 17.9. The number of nitrogen functional groups attached to an aromatic ring is 1. The van der Waals surface area contributed by atoms with E-state index in [4.69, 9.17) is 24.3 Å². The molecule has 5 rings (SSSR count). The van der Waals surface area contributed by atoms with Crippen molar-refractivity contribution in [1.82, 2.24) is 19.7 Å². The van der Waals surface area contributed by atoms with Crippen molar-refractivity contribution in [2.75, 3.05) is 18.9 Å². The Morgan fingerprint density at radius 3 is 2.53 bits per heavy atom. The van der Waals surface area contributed by atoms with Crippen molar-refractivity contribution in [3.8, 4) is 5.75 Å². The van der Waals surface area contributed by atoms with Crippen molar-refractivity contribution in [2.45, 2.75) is 109 Å². The van der Waals surface area contributed by atoms with Gasteiger partial charge < -0.3 is 24.8 Å². The van der Waals surface area contributed by atoms with Gasteiger partial charge in [-0.3, -0.25) is 9.32 Å². The molecule has 4 N–H and O–H groups in total. The molecular formula is C36H50N5O7P. The molecule has 5 atom stereocenters. The zero-order valence-electron chi connectivity index (χ0n) is 28.5. The molecule has 3 heterocycles. The Morgan fingerprint density at radius 1 is 1.04 bits per heavy atom. The number of aliphatic hydroxyl groups excluding tert-OH is 1. The Kier molecular flexibility index (Phi) is 13.4. The maximum Gasteiger partial charge on any atom is 0.459 e. The number of nitrogens with two attached hydrogens (primary N) is 1. The van der Waals surface area contributed by atoms with Gasteiger partial charge in [0.25, 0.3) is 0 Å². The molecule has 2 aromatic carbocycles. The fourth-order valence-corrected chi connectivity index (χ4v) is 7.65. The number of fused-ring (bicyclic) bond motifs is 2. The first-order valence-electron chi connectivity index (χ1n) is 17.6. The number of nitrogens with one attached hydrogen (secondary N) is 1. The second-order valence-electron chi connectivity index (χ2n) is 12.7. The Balaban J connectivity index is 1.18. The van der Waals surface area contributed by atoms with Gasteiger partial charge in [0.2, 0.25) is 0 Å². The molecule has 49 heavy (non-hydrogen) atoms. The fourth-order valence-electron chi connectivity index (χ4n) is 6.13.